The average molecular weight is 448 g/mol. The van der Waals surface area contributed by atoms with E-state index in [1.165, 1.54) is 4.90 Å². The Balaban J connectivity index is 1.28. The van der Waals surface area contributed by atoms with Gasteiger partial charge in [-0.2, -0.15) is 0 Å². The van der Waals surface area contributed by atoms with E-state index in [2.05, 4.69) is 12.2 Å². The maximum Gasteiger partial charge on any atom is 0.343 e. The van der Waals surface area contributed by atoms with Crippen LogP contribution < -0.4 is 9.64 Å². The summed E-state index contributed by atoms with van der Waals surface area (Å²) in [6.45, 7) is 3.70. The Morgan fingerprint density at radius 3 is 2.16 bits per heavy atom. The van der Waals surface area contributed by atoms with Crippen LogP contribution in [0, 0.1) is 49.4 Å². The van der Waals surface area contributed by atoms with Crippen LogP contribution in [0.25, 0.3) is 0 Å². The summed E-state index contributed by atoms with van der Waals surface area (Å²) in [6.07, 6.45) is 5.43. The molecule has 1 heterocycles. The zero-order valence-corrected chi connectivity index (χ0v) is 18.5. The predicted molar refractivity (Wildman–Crippen MR) is 120 cm³/mol. The average Bonchev–Trinajstić information content (AvgIpc) is 3.55. The van der Waals surface area contributed by atoms with Gasteiger partial charge in [0.2, 0.25) is 11.8 Å². The molecule has 0 unspecified atom stereocenters. The van der Waals surface area contributed by atoms with E-state index < -0.39 is 5.97 Å². The van der Waals surface area contributed by atoms with Crippen LogP contribution in [-0.2, 0) is 9.59 Å². The first kappa shape index (κ1) is 19.7. The molecule has 0 N–H and O–H groups in total. The van der Waals surface area contributed by atoms with Crippen molar-refractivity contribution in [2.24, 2.45) is 35.5 Å². The number of amides is 2. The van der Waals surface area contributed by atoms with E-state index in [-0.39, 0.29) is 41.0 Å². The molecule has 6 atom stereocenters. The molecular formula is C26H22ClNO4. The van der Waals surface area contributed by atoms with Gasteiger partial charge in [-0.1, -0.05) is 29.8 Å². The van der Waals surface area contributed by atoms with Crippen LogP contribution in [0.3, 0.4) is 0 Å². The number of ether oxygens (including phenoxy) is 1. The second-order valence-corrected chi connectivity index (χ2v) is 9.86. The summed E-state index contributed by atoms with van der Waals surface area (Å²) in [4.78, 5) is 40.8. The van der Waals surface area contributed by atoms with Gasteiger partial charge in [-0.15, -0.1) is 0 Å². The lowest BCUT2D eigenvalue weighted by molar-refractivity contribution is -0.124. The summed E-state index contributed by atoms with van der Waals surface area (Å²) in [5.41, 5.74) is 2.35. The zero-order chi connectivity index (χ0) is 22.3. The van der Waals surface area contributed by atoms with E-state index in [1.807, 2.05) is 13.8 Å². The maximum absolute atomic E-state index is 13.3. The van der Waals surface area contributed by atoms with Crippen molar-refractivity contribution in [3.8, 4) is 5.75 Å². The van der Waals surface area contributed by atoms with Crippen molar-refractivity contribution < 1.29 is 19.1 Å². The Morgan fingerprint density at radius 1 is 0.969 bits per heavy atom. The minimum absolute atomic E-state index is 0.140. The lowest BCUT2D eigenvalue weighted by Gasteiger charge is -2.37. The Hall–Kier alpha value is -2.92. The topological polar surface area (TPSA) is 63.7 Å². The highest BCUT2D eigenvalue weighted by molar-refractivity contribution is 6.32. The van der Waals surface area contributed by atoms with Gasteiger partial charge < -0.3 is 4.74 Å². The van der Waals surface area contributed by atoms with E-state index in [1.54, 1.807) is 36.4 Å². The molecule has 2 aromatic carbocycles. The summed E-state index contributed by atoms with van der Waals surface area (Å²) in [7, 11) is 0. The SMILES string of the molecule is Cc1cc(OC(=O)c2cccc(N3C(=O)[C@@H]4[C@H]5C=C[C@@H]([C@@H]6C[C@H]56)[C@@H]4C3=O)c2)cc(C)c1Cl. The van der Waals surface area contributed by atoms with Gasteiger partial charge >= 0.3 is 5.97 Å². The van der Waals surface area contributed by atoms with Crippen LogP contribution in [-0.4, -0.2) is 17.8 Å². The van der Waals surface area contributed by atoms with Gasteiger partial charge in [-0.05, 0) is 85.4 Å². The van der Waals surface area contributed by atoms with Crippen LogP contribution in [0.2, 0.25) is 5.02 Å². The van der Waals surface area contributed by atoms with Crippen LogP contribution in [0.15, 0.2) is 48.6 Å². The molecule has 2 aromatic rings. The number of imide groups is 1. The molecule has 7 rings (SSSR count). The molecule has 2 saturated carbocycles. The highest BCUT2D eigenvalue weighted by Gasteiger charge is 2.67. The number of rotatable bonds is 3. The Bertz CT molecular complexity index is 1180. The van der Waals surface area contributed by atoms with Gasteiger partial charge in [0.25, 0.3) is 0 Å². The molecule has 0 radical (unpaired) electrons. The minimum Gasteiger partial charge on any atom is -0.423 e. The molecule has 0 spiro atoms. The predicted octanol–water partition coefficient (Wildman–Crippen LogP) is 4.73. The fourth-order valence-electron chi connectivity index (χ4n) is 6.11. The molecule has 32 heavy (non-hydrogen) atoms. The van der Waals surface area contributed by atoms with Gasteiger partial charge in [0.15, 0.2) is 0 Å². The second kappa shape index (κ2) is 6.79. The molecule has 2 amide bonds. The van der Waals surface area contributed by atoms with Crippen molar-refractivity contribution in [2.45, 2.75) is 20.3 Å². The number of anilines is 1. The number of nitrogens with zero attached hydrogens (tertiary/aromatic N) is 1. The number of hydrogen-bond acceptors (Lipinski definition) is 4. The largest absolute Gasteiger partial charge is 0.423 e. The number of benzene rings is 2. The zero-order valence-electron chi connectivity index (χ0n) is 17.7. The van der Waals surface area contributed by atoms with Crippen LogP contribution in [0.4, 0.5) is 5.69 Å². The highest BCUT2D eigenvalue weighted by Crippen LogP contribution is 2.65. The van der Waals surface area contributed by atoms with E-state index in [0.717, 1.165) is 17.5 Å². The first-order valence-corrected chi connectivity index (χ1v) is 11.4. The summed E-state index contributed by atoms with van der Waals surface area (Å²) in [6, 6.07) is 10.0. The number of carbonyl (C=O) groups excluding carboxylic acids is 3. The summed E-state index contributed by atoms with van der Waals surface area (Å²) < 4.78 is 5.55. The third kappa shape index (κ3) is 2.73. The number of allylic oxidation sites excluding steroid dienone is 2. The Morgan fingerprint density at radius 2 is 1.56 bits per heavy atom. The van der Waals surface area contributed by atoms with Crippen molar-refractivity contribution in [1.82, 2.24) is 0 Å². The lowest BCUT2D eigenvalue weighted by atomic mass is 9.63. The monoisotopic (exact) mass is 447 g/mol. The lowest BCUT2D eigenvalue weighted by Crippen LogP contribution is -2.40. The third-order valence-corrected chi connectivity index (χ3v) is 8.22. The normalized spacial score (nSPS) is 31.5. The standard InChI is InChI=1S/C26H22ClNO4/c1-12-8-16(9-13(2)23(12)27)32-26(31)14-4-3-5-15(10-14)28-24(29)21-17-6-7-18(20-11-19(17)20)22(21)25(28)30/h3-10,17-22H,11H2,1-2H3/t17-,18-,19-,20+,21-,22+/m0/s1. The summed E-state index contributed by atoms with van der Waals surface area (Å²) >= 11 is 6.20. The molecular weight excluding hydrogens is 426 g/mol. The van der Waals surface area contributed by atoms with Crippen LogP contribution in [0.5, 0.6) is 5.75 Å². The summed E-state index contributed by atoms with van der Waals surface area (Å²) in [5, 5.41) is 0.639. The number of halogens is 1. The number of hydrogen-bond donors (Lipinski definition) is 0. The van der Waals surface area contributed by atoms with Gasteiger partial charge in [-0.3, -0.25) is 9.59 Å². The molecule has 5 aliphatic rings. The molecule has 1 aliphatic heterocycles. The minimum atomic E-state index is -0.549. The van der Waals surface area contributed by atoms with Gasteiger partial charge in [-0.25, -0.2) is 9.69 Å². The van der Waals surface area contributed by atoms with Crippen LogP contribution >= 0.6 is 11.6 Å². The van der Waals surface area contributed by atoms with Crippen molar-refractivity contribution in [2.75, 3.05) is 4.90 Å². The van der Waals surface area contributed by atoms with Gasteiger partial charge in [0.05, 0.1) is 23.1 Å². The fraction of sp³-hybridized carbons (Fsp3) is 0.346. The quantitative estimate of drug-likeness (QED) is 0.295. The van der Waals surface area contributed by atoms with Crippen molar-refractivity contribution in [1.29, 1.82) is 0 Å². The van der Waals surface area contributed by atoms with Crippen molar-refractivity contribution in [3.05, 3.63) is 70.3 Å². The highest BCUT2D eigenvalue weighted by atomic mass is 35.5. The molecule has 1 saturated heterocycles. The maximum atomic E-state index is 13.3. The van der Waals surface area contributed by atoms with Gasteiger partial charge in [0, 0.05) is 5.02 Å². The first-order chi connectivity index (χ1) is 15.3. The molecule has 5 nitrogen and oxygen atoms in total. The third-order valence-electron chi connectivity index (χ3n) is 7.62. The number of aryl methyl sites for hydroxylation is 2. The molecule has 0 aromatic heterocycles. The van der Waals surface area contributed by atoms with E-state index >= 15 is 0 Å². The van der Waals surface area contributed by atoms with Gasteiger partial charge in [0.1, 0.15) is 5.75 Å². The van der Waals surface area contributed by atoms with Crippen molar-refractivity contribution >= 4 is 35.1 Å². The Labute approximate surface area is 191 Å². The molecule has 6 heteroatoms. The Kier molecular flexibility index (Phi) is 4.19. The van der Waals surface area contributed by atoms with E-state index in [4.69, 9.17) is 16.3 Å². The fourth-order valence-corrected chi connectivity index (χ4v) is 6.22. The first-order valence-electron chi connectivity index (χ1n) is 11.0. The van der Waals surface area contributed by atoms with E-state index in [9.17, 15) is 14.4 Å². The molecule has 162 valence electrons. The number of esters is 1. The molecule has 2 bridgehead atoms. The van der Waals surface area contributed by atoms with Crippen molar-refractivity contribution in [3.63, 3.8) is 0 Å². The van der Waals surface area contributed by atoms with Crippen LogP contribution in [0.1, 0.15) is 27.9 Å². The smallest absolute Gasteiger partial charge is 0.343 e. The second-order valence-electron chi connectivity index (χ2n) is 9.48. The molecule has 4 aliphatic carbocycles. The number of carbonyl (C=O) groups is 3. The molecule has 3 fully saturated rings. The van der Waals surface area contributed by atoms with E-state index in [0.29, 0.717) is 28.3 Å². The summed E-state index contributed by atoms with van der Waals surface area (Å²) in [5.74, 6) is 0.480.